The number of thiazole rings is 1. The van der Waals surface area contributed by atoms with Crippen molar-refractivity contribution in [3.63, 3.8) is 0 Å². The van der Waals surface area contributed by atoms with Gasteiger partial charge in [0.15, 0.2) is 10.8 Å². The van der Waals surface area contributed by atoms with Gasteiger partial charge in [0.1, 0.15) is 6.07 Å². The van der Waals surface area contributed by atoms with Crippen LogP contribution in [0.3, 0.4) is 0 Å². The van der Waals surface area contributed by atoms with Crippen LogP contribution in [0.4, 0.5) is 0 Å². The predicted molar refractivity (Wildman–Crippen MR) is 57.3 cm³/mol. The lowest BCUT2D eigenvalue weighted by Crippen LogP contribution is -1.88. The summed E-state index contributed by atoms with van der Waals surface area (Å²) in [6, 6.07) is 2.02. The van der Waals surface area contributed by atoms with E-state index in [9.17, 15) is 0 Å². The lowest BCUT2D eigenvalue weighted by molar-refractivity contribution is 1.13. The van der Waals surface area contributed by atoms with E-state index in [4.69, 9.17) is 5.26 Å². The van der Waals surface area contributed by atoms with Crippen LogP contribution in [0.1, 0.15) is 16.3 Å². The zero-order chi connectivity index (χ0) is 10.8. The fourth-order valence-electron chi connectivity index (χ4n) is 1.16. The zero-order valence-electron chi connectivity index (χ0n) is 8.35. The van der Waals surface area contributed by atoms with Gasteiger partial charge in [0.25, 0.3) is 0 Å². The van der Waals surface area contributed by atoms with Crippen LogP contribution < -0.4 is 0 Å². The van der Waals surface area contributed by atoms with Gasteiger partial charge in [0, 0.05) is 12.4 Å². The smallest absolute Gasteiger partial charge is 0.195 e. The lowest BCUT2D eigenvalue weighted by atomic mass is 10.3. The molecule has 2 aromatic heterocycles. The number of hydrogen-bond donors (Lipinski definition) is 0. The van der Waals surface area contributed by atoms with Crippen LogP contribution >= 0.6 is 11.3 Å². The van der Waals surface area contributed by atoms with E-state index in [-0.39, 0.29) is 0 Å². The van der Waals surface area contributed by atoms with Crippen LogP contribution in [-0.2, 0) is 0 Å². The molecule has 0 fully saturated rings. The summed E-state index contributed by atoms with van der Waals surface area (Å²) in [6.07, 6.45) is 3.51. The summed E-state index contributed by atoms with van der Waals surface area (Å²) >= 11 is 1.32. The molecule has 0 unspecified atom stereocenters. The summed E-state index contributed by atoms with van der Waals surface area (Å²) in [5.41, 5.74) is 1.82. The molecule has 0 saturated heterocycles. The van der Waals surface area contributed by atoms with Gasteiger partial charge in [0.05, 0.1) is 10.6 Å². The molecule has 0 aliphatic carbocycles. The van der Waals surface area contributed by atoms with Crippen molar-refractivity contribution in [3.8, 4) is 16.8 Å². The first-order valence-corrected chi connectivity index (χ1v) is 5.19. The Morgan fingerprint density at radius 2 is 1.93 bits per heavy atom. The molecule has 15 heavy (non-hydrogen) atoms. The van der Waals surface area contributed by atoms with Crippen molar-refractivity contribution < 1.29 is 0 Å². The molecule has 2 heterocycles. The Morgan fingerprint density at radius 3 is 2.47 bits per heavy atom. The third-order valence-electron chi connectivity index (χ3n) is 1.88. The quantitative estimate of drug-likeness (QED) is 0.732. The molecule has 74 valence electrons. The molecule has 0 aliphatic rings. The first-order chi connectivity index (χ1) is 7.20. The van der Waals surface area contributed by atoms with Crippen LogP contribution in [0, 0.1) is 25.2 Å². The van der Waals surface area contributed by atoms with Gasteiger partial charge in [0.2, 0.25) is 0 Å². The predicted octanol–water partition coefficient (Wildman–Crippen LogP) is 2.09. The normalized spacial score (nSPS) is 9.93. The Hall–Kier alpha value is -1.80. The van der Waals surface area contributed by atoms with E-state index in [0.29, 0.717) is 10.8 Å². The zero-order valence-corrected chi connectivity index (χ0v) is 9.17. The molecule has 0 N–H and O–H groups in total. The molecule has 0 aromatic carbocycles. The van der Waals surface area contributed by atoms with E-state index in [2.05, 4.69) is 15.0 Å². The minimum absolute atomic E-state index is 0.451. The van der Waals surface area contributed by atoms with Gasteiger partial charge in [-0.05, 0) is 19.4 Å². The van der Waals surface area contributed by atoms with Crippen molar-refractivity contribution in [3.05, 3.63) is 28.7 Å². The molecule has 0 bridgehead atoms. The summed E-state index contributed by atoms with van der Waals surface area (Å²) in [4.78, 5) is 13.4. The van der Waals surface area contributed by atoms with Crippen molar-refractivity contribution in [2.75, 3.05) is 0 Å². The summed E-state index contributed by atoms with van der Waals surface area (Å²) < 4.78 is 0. The number of rotatable bonds is 1. The van der Waals surface area contributed by atoms with Gasteiger partial charge in [-0.2, -0.15) is 5.26 Å². The lowest BCUT2D eigenvalue weighted by Gasteiger charge is -1.96. The number of nitrogens with zero attached hydrogens (tertiary/aromatic N) is 4. The van der Waals surface area contributed by atoms with Gasteiger partial charge in [-0.25, -0.2) is 15.0 Å². The van der Waals surface area contributed by atoms with E-state index in [1.54, 1.807) is 12.4 Å². The Balaban J connectivity index is 2.50. The molecule has 0 amide bonds. The topological polar surface area (TPSA) is 62.5 Å². The van der Waals surface area contributed by atoms with E-state index in [1.807, 2.05) is 19.9 Å². The Kier molecular flexibility index (Phi) is 2.44. The first-order valence-electron chi connectivity index (χ1n) is 4.37. The van der Waals surface area contributed by atoms with Gasteiger partial charge >= 0.3 is 0 Å². The average molecular weight is 216 g/mol. The number of aromatic nitrogens is 3. The Bertz CT molecular complexity index is 521. The van der Waals surface area contributed by atoms with Crippen molar-refractivity contribution in [1.82, 2.24) is 15.0 Å². The molecular weight excluding hydrogens is 208 g/mol. The average Bonchev–Trinajstić information content (AvgIpc) is 2.61. The van der Waals surface area contributed by atoms with Crippen LogP contribution in [0.25, 0.3) is 10.7 Å². The van der Waals surface area contributed by atoms with E-state index >= 15 is 0 Å². The van der Waals surface area contributed by atoms with Gasteiger partial charge in [-0.3, -0.25) is 0 Å². The van der Waals surface area contributed by atoms with Crippen molar-refractivity contribution in [1.29, 1.82) is 5.26 Å². The molecule has 2 aromatic rings. The standard InChI is InChI=1S/C10H8N4S/c1-6-4-12-10(13-5-6)9-7(2)14-8(3-11)15-9/h4-5H,1-2H3. The highest BCUT2D eigenvalue weighted by Crippen LogP contribution is 2.26. The molecule has 0 atom stereocenters. The SMILES string of the molecule is Cc1cnc(-c2sc(C#N)nc2C)nc1. The number of nitriles is 1. The molecule has 0 spiro atoms. The molecule has 0 radical (unpaired) electrons. The molecule has 0 aliphatic heterocycles. The Morgan fingerprint density at radius 1 is 1.27 bits per heavy atom. The molecule has 5 heteroatoms. The third-order valence-corrected chi connectivity index (χ3v) is 2.93. The highest BCUT2D eigenvalue weighted by molar-refractivity contribution is 7.15. The summed E-state index contributed by atoms with van der Waals surface area (Å²) in [6.45, 7) is 3.79. The van der Waals surface area contributed by atoms with Crippen molar-refractivity contribution >= 4 is 11.3 Å². The maximum Gasteiger partial charge on any atom is 0.195 e. The van der Waals surface area contributed by atoms with Crippen LogP contribution in [0.2, 0.25) is 0 Å². The second-order valence-corrected chi connectivity index (χ2v) is 4.13. The summed E-state index contributed by atoms with van der Waals surface area (Å²) in [5.74, 6) is 0.636. The monoisotopic (exact) mass is 216 g/mol. The first kappa shape index (κ1) is 9.74. The minimum Gasteiger partial charge on any atom is -0.236 e. The van der Waals surface area contributed by atoms with Crippen molar-refractivity contribution in [2.45, 2.75) is 13.8 Å². The molecule has 0 saturated carbocycles. The fourth-order valence-corrected chi connectivity index (χ4v) is 1.97. The molecule has 4 nitrogen and oxygen atoms in total. The highest BCUT2D eigenvalue weighted by atomic mass is 32.1. The maximum absolute atomic E-state index is 8.72. The minimum atomic E-state index is 0.451. The van der Waals surface area contributed by atoms with E-state index < -0.39 is 0 Å². The van der Waals surface area contributed by atoms with E-state index in [1.165, 1.54) is 11.3 Å². The van der Waals surface area contributed by atoms with Crippen LogP contribution in [-0.4, -0.2) is 15.0 Å². The van der Waals surface area contributed by atoms with Crippen LogP contribution in [0.5, 0.6) is 0 Å². The molecular formula is C10H8N4S. The van der Waals surface area contributed by atoms with Gasteiger partial charge in [-0.1, -0.05) is 11.3 Å². The van der Waals surface area contributed by atoms with Crippen molar-refractivity contribution in [2.24, 2.45) is 0 Å². The number of hydrogen-bond acceptors (Lipinski definition) is 5. The fraction of sp³-hybridized carbons (Fsp3) is 0.200. The van der Waals surface area contributed by atoms with E-state index in [0.717, 1.165) is 16.1 Å². The summed E-state index contributed by atoms with van der Waals surface area (Å²) in [5, 5.41) is 9.17. The highest BCUT2D eigenvalue weighted by Gasteiger charge is 2.11. The summed E-state index contributed by atoms with van der Waals surface area (Å²) in [7, 11) is 0. The van der Waals surface area contributed by atoms with Gasteiger partial charge in [-0.15, -0.1) is 0 Å². The van der Waals surface area contributed by atoms with Gasteiger partial charge < -0.3 is 0 Å². The Labute approximate surface area is 91.3 Å². The molecule has 2 rings (SSSR count). The second-order valence-electron chi connectivity index (χ2n) is 3.13. The third kappa shape index (κ3) is 1.85. The maximum atomic E-state index is 8.72. The largest absolute Gasteiger partial charge is 0.236 e. The van der Waals surface area contributed by atoms with Crippen LogP contribution in [0.15, 0.2) is 12.4 Å². The second kappa shape index (κ2) is 3.75. The number of aryl methyl sites for hydroxylation is 2.